The number of nitrogens with one attached hydrogen (secondary N) is 1. The van der Waals surface area contributed by atoms with Crippen LogP contribution in [0.25, 0.3) is 11.2 Å². The first-order valence-electron chi connectivity index (χ1n) is 9.87. The second-order valence-corrected chi connectivity index (χ2v) is 7.72. The number of anilines is 1. The molecule has 1 aliphatic heterocycles. The molecular formula is C18H26N6O5. The van der Waals surface area contributed by atoms with E-state index in [1.807, 2.05) is 0 Å². The van der Waals surface area contributed by atoms with E-state index in [2.05, 4.69) is 20.3 Å². The van der Waals surface area contributed by atoms with Crippen LogP contribution in [0.2, 0.25) is 0 Å². The number of primary amides is 1. The van der Waals surface area contributed by atoms with E-state index < -0.39 is 36.6 Å². The highest BCUT2D eigenvalue weighted by Crippen LogP contribution is 2.34. The van der Waals surface area contributed by atoms with Gasteiger partial charge >= 0.3 is 0 Å². The van der Waals surface area contributed by atoms with E-state index in [1.54, 1.807) is 0 Å². The Morgan fingerprint density at radius 2 is 2.03 bits per heavy atom. The molecule has 6 N–H and O–H groups in total. The maximum Gasteiger partial charge on any atom is 0.217 e. The molecule has 0 spiro atoms. The smallest absolute Gasteiger partial charge is 0.217 e. The maximum atomic E-state index is 10.9. The van der Waals surface area contributed by atoms with Crippen LogP contribution in [0.15, 0.2) is 12.7 Å². The van der Waals surface area contributed by atoms with Gasteiger partial charge in [-0.3, -0.25) is 9.36 Å². The molecule has 1 aliphatic carbocycles. The lowest BCUT2D eigenvalue weighted by Crippen LogP contribution is -2.39. The number of aromatic nitrogens is 4. The van der Waals surface area contributed by atoms with Gasteiger partial charge in [0.05, 0.1) is 12.4 Å². The minimum Gasteiger partial charge on any atom is -0.390 e. The van der Waals surface area contributed by atoms with Crippen molar-refractivity contribution in [2.24, 2.45) is 5.73 Å². The van der Waals surface area contributed by atoms with Gasteiger partial charge in [-0.05, 0) is 19.3 Å². The van der Waals surface area contributed by atoms with Gasteiger partial charge in [-0.25, -0.2) is 15.0 Å². The van der Waals surface area contributed by atoms with Crippen molar-refractivity contribution >= 4 is 22.9 Å². The van der Waals surface area contributed by atoms with E-state index in [4.69, 9.17) is 10.5 Å². The van der Waals surface area contributed by atoms with Crippen LogP contribution in [0.5, 0.6) is 0 Å². The number of imidazole rings is 1. The minimum absolute atomic E-state index is 0.0266. The lowest BCUT2D eigenvalue weighted by molar-refractivity contribution is -0.120. The van der Waals surface area contributed by atoms with Crippen molar-refractivity contribution in [2.75, 3.05) is 5.32 Å². The van der Waals surface area contributed by atoms with E-state index in [0.29, 0.717) is 23.0 Å². The SMILES string of the molecule is NC(=O)CCC(O)[C@H]1O[C@@H](n2cnc3c(NC4CCCC4)ncnc32)[C@H](O)[C@@H]1O. The highest BCUT2D eigenvalue weighted by molar-refractivity contribution is 5.82. The summed E-state index contributed by atoms with van der Waals surface area (Å²) in [7, 11) is 0. The Balaban J connectivity index is 1.55. The number of aliphatic hydroxyl groups excluding tert-OH is 3. The number of nitrogens with two attached hydrogens (primary N) is 1. The van der Waals surface area contributed by atoms with Crippen LogP contribution in [-0.2, 0) is 9.53 Å². The maximum absolute atomic E-state index is 10.9. The molecule has 11 heteroatoms. The molecule has 0 bridgehead atoms. The van der Waals surface area contributed by atoms with Crippen LogP contribution < -0.4 is 11.1 Å². The normalized spacial score (nSPS) is 28.8. The summed E-state index contributed by atoms with van der Waals surface area (Å²) in [6.07, 6.45) is 1.53. The summed E-state index contributed by atoms with van der Waals surface area (Å²) in [6.45, 7) is 0. The number of amides is 1. The zero-order valence-electron chi connectivity index (χ0n) is 15.9. The van der Waals surface area contributed by atoms with Crippen molar-refractivity contribution < 1.29 is 24.9 Å². The second-order valence-electron chi connectivity index (χ2n) is 7.72. The Labute approximate surface area is 166 Å². The number of hydrogen-bond donors (Lipinski definition) is 5. The molecule has 29 heavy (non-hydrogen) atoms. The average Bonchev–Trinajstić information content (AvgIpc) is 3.41. The van der Waals surface area contributed by atoms with Gasteiger partial charge in [0.2, 0.25) is 5.91 Å². The number of hydrogen-bond acceptors (Lipinski definition) is 9. The first-order valence-corrected chi connectivity index (χ1v) is 9.87. The molecular weight excluding hydrogens is 380 g/mol. The largest absolute Gasteiger partial charge is 0.390 e. The minimum atomic E-state index is -1.33. The Morgan fingerprint density at radius 1 is 1.28 bits per heavy atom. The molecule has 4 rings (SSSR count). The summed E-state index contributed by atoms with van der Waals surface area (Å²) < 4.78 is 7.27. The second kappa shape index (κ2) is 8.19. The average molecular weight is 406 g/mol. The molecule has 2 aromatic heterocycles. The van der Waals surface area contributed by atoms with Gasteiger partial charge in [0, 0.05) is 12.5 Å². The van der Waals surface area contributed by atoms with Crippen molar-refractivity contribution in [2.45, 2.75) is 75.2 Å². The van der Waals surface area contributed by atoms with Crippen molar-refractivity contribution in [3.8, 4) is 0 Å². The topological polar surface area (TPSA) is 169 Å². The fourth-order valence-electron chi connectivity index (χ4n) is 4.10. The molecule has 2 fully saturated rings. The molecule has 1 saturated carbocycles. The van der Waals surface area contributed by atoms with E-state index in [1.165, 1.54) is 30.1 Å². The van der Waals surface area contributed by atoms with Crippen LogP contribution >= 0.6 is 0 Å². The molecule has 2 aliphatic rings. The summed E-state index contributed by atoms with van der Waals surface area (Å²) in [5, 5.41) is 34.5. The third-order valence-corrected chi connectivity index (χ3v) is 5.67. The van der Waals surface area contributed by atoms with Gasteiger partial charge in [-0.15, -0.1) is 0 Å². The Hall–Kier alpha value is -2.34. The van der Waals surface area contributed by atoms with Crippen LogP contribution in [0.1, 0.15) is 44.8 Å². The van der Waals surface area contributed by atoms with Gasteiger partial charge in [-0.1, -0.05) is 12.8 Å². The number of rotatable bonds is 7. The Kier molecular flexibility index (Phi) is 5.63. The molecule has 3 heterocycles. The zero-order valence-corrected chi connectivity index (χ0v) is 15.9. The molecule has 0 radical (unpaired) electrons. The van der Waals surface area contributed by atoms with Crippen LogP contribution in [0.4, 0.5) is 5.82 Å². The number of carbonyl (C=O) groups is 1. The fraction of sp³-hybridized carbons (Fsp3) is 0.667. The van der Waals surface area contributed by atoms with Crippen LogP contribution in [0, 0.1) is 0 Å². The molecule has 1 saturated heterocycles. The molecule has 5 atom stereocenters. The first kappa shape index (κ1) is 20.0. The Morgan fingerprint density at radius 3 is 2.76 bits per heavy atom. The number of fused-ring (bicyclic) bond motifs is 1. The van der Waals surface area contributed by atoms with E-state index >= 15 is 0 Å². The van der Waals surface area contributed by atoms with Crippen molar-refractivity contribution in [3.63, 3.8) is 0 Å². The monoisotopic (exact) mass is 406 g/mol. The van der Waals surface area contributed by atoms with Crippen molar-refractivity contribution in [1.29, 1.82) is 0 Å². The zero-order chi connectivity index (χ0) is 20.5. The summed E-state index contributed by atoms with van der Waals surface area (Å²) in [5.41, 5.74) is 6.10. The van der Waals surface area contributed by atoms with Crippen LogP contribution in [0.3, 0.4) is 0 Å². The lowest BCUT2D eigenvalue weighted by Gasteiger charge is -2.20. The standard InChI is InChI=1S/C18H26N6O5/c19-11(26)6-5-10(25)15-13(27)14(28)18(29-15)24-8-22-12-16(20-7-21-17(12)24)23-9-3-1-2-4-9/h7-10,13-15,18,25,27-28H,1-6H2,(H2,19,26)(H,20,21,23)/t10?,13-,14+,15+,18+/m0/s1. The molecule has 1 amide bonds. The number of ether oxygens (including phenoxy) is 1. The van der Waals surface area contributed by atoms with Gasteiger partial charge in [0.15, 0.2) is 23.2 Å². The summed E-state index contributed by atoms with van der Waals surface area (Å²) >= 11 is 0. The lowest BCUT2D eigenvalue weighted by atomic mass is 10.0. The van der Waals surface area contributed by atoms with E-state index in [-0.39, 0.29) is 12.8 Å². The predicted octanol–water partition coefficient (Wildman–Crippen LogP) is -0.574. The summed E-state index contributed by atoms with van der Waals surface area (Å²) in [4.78, 5) is 23.9. The van der Waals surface area contributed by atoms with E-state index in [0.717, 1.165) is 12.8 Å². The first-order chi connectivity index (χ1) is 14.0. The highest BCUT2D eigenvalue weighted by Gasteiger charge is 2.47. The summed E-state index contributed by atoms with van der Waals surface area (Å²) in [6, 6.07) is 0.346. The van der Waals surface area contributed by atoms with Crippen molar-refractivity contribution in [1.82, 2.24) is 19.5 Å². The third-order valence-electron chi connectivity index (χ3n) is 5.67. The number of aliphatic hydroxyl groups is 3. The quantitative estimate of drug-likeness (QED) is 0.404. The van der Waals surface area contributed by atoms with Gasteiger partial charge in [-0.2, -0.15) is 0 Å². The molecule has 1 unspecified atom stereocenters. The fourth-order valence-corrected chi connectivity index (χ4v) is 4.10. The van der Waals surface area contributed by atoms with Gasteiger partial charge in [0.25, 0.3) is 0 Å². The number of carbonyl (C=O) groups excluding carboxylic acids is 1. The number of nitrogens with zero attached hydrogens (tertiary/aromatic N) is 4. The molecule has 158 valence electrons. The molecule has 2 aromatic rings. The predicted molar refractivity (Wildman–Crippen MR) is 102 cm³/mol. The van der Waals surface area contributed by atoms with Gasteiger partial charge in [0.1, 0.15) is 24.6 Å². The van der Waals surface area contributed by atoms with E-state index in [9.17, 15) is 20.1 Å². The third kappa shape index (κ3) is 3.90. The van der Waals surface area contributed by atoms with Gasteiger partial charge < -0.3 is 31.1 Å². The molecule has 0 aromatic carbocycles. The van der Waals surface area contributed by atoms with Crippen LogP contribution in [-0.4, -0.2) is 71.2 Å². The summed E-state index contributed by atoms with van der Waals surface area (Å²) in [5.74, 6) is 0.0555. The Bertz CT molecular complexity index is 870. The molecule has 11 nitrogen and oxygen atoms in total. The van der Waals surface area contributed by atoms with Crippen molar-refractivity contribution in [3.05, 3.63) is 12.7 Å². The highest BCUT2D eigenvalue weighted by atomic mass is 16.6.